The summed E-state index contributed by atoms with van der Waals surface area (Å²) in [4.78, 5) is 25.0. The summed E-state index contributed by atoms with van der Waals surface area (Å²) in [5.74, 6) is 0.465. The molecule has 0 aromatic carbocycles. The van der Waals surface area contributed by atoms with Gasteiger partial charge in [-0.05, 0) is 41.1 Å². The number of aromatic nitrogens is 3. The molecule has 104 valence electrons. The lowest BCUT2D eigenvalue weighted by atomic mass is 10.2. The Balaban J connectivity index is 2.19. The number of pyridine rings is 1. The van der Waals surface area contributed by atoms with E-state index in [-0.39, 0.29) is 6.54 Å². The number of rotatable bonds is 4. The summed E-state index contributed by atoms with van der Waals surface area (Å²) in [6.45, 7) is 1.93. The Kier molecular flexibility index (Phi) is 4.62. The molecule has 0 radical (unpaired) electrons. The fraction of sp³-hybridized carbons (Fsp3) is 0.231. The lowest BCUT2D eigenvalue weighted by molar-refractivity contribution is 0.121. The number of nitrogens with zero attached hydrogens (tertiary/aromatic N) is 4. The standard InChI is InChI=1S/C13H13BrN4O2/c1-9(12-15-5-2-6-16-12)18(13(19)20)8-11-4-3-10(14)7-17-11/h2-7,9H,8H2,1H3,(H,19,20)/t9-/m1/s1. The molecule has 2 rings (SSSR count). The molecule has 0 saturated heterocycles. The zero-order valence-corrected chi connectivity index (χ0v) is 12.4. The van der Waals surface area contributed by atoms with Crippen LogP contribution in [0.1, 0.15) is 24.5 Å². The molecule has 0 bridgehead atoms. The number of hydrogen-bond acceptors (Lipinski definition) is 4. The van der Waals surface area contributed by atoms with Crippen molar-refractivity contribution in [3.05, 3.63) is 52.8 Å². The Morgan fingerprint density at radius 3 is 2.60 bits per heavy atom. The van der Waals surface area contributed by atoms with Crippen molar-refractivity contribution in [1.82, 2.24) is 19.9 Å². The molecule has 0 aliphatic carbocycles. The number of halogens is 1. The van der Waals surface area contributed by atoms with Crippen LogP contribution in [0.3, 0.4) is 0 Å². The van der Waals surface area contributed by atoms with Crippen molar-refractivity contribution in [1.29, 1.82) is 0 Å². The van der Waals surface area contributed by atoms with E-state index in [9.17, 15) is 9.90 Å². The molecule has 1 atom stereocenters. The maximum Gasteiger partial charge on any atom is 0.408 e. The lowest BCUT2D eigenvalue weighted by Gasteiger charge is -2.24. The van der Waals surface area contributed by atoms with Gasteiger partial charge in [-0.15, -0.1) is 0 Å². The van der Waals surface area contributed by atoms with Crippen LogP contribution in [0.5, 0.6) is 0 Å². The van der Waals surface area contributed by atoms with Gasteiger partial charge in [-0.3, -0.25) is 9.88 Å². The van der Waals surface area contributed by atoms with Crippen LogP contribution < -0.4 is 0 Å². The molecule has 20 heavy (non-hydrogen) atoms. The average molecular weight is 337 g/mol. The Morgan fingerprint density at radius 1 is 1.35 bits per heavy atom. The molecule has 0 aliphatic heterocycles. The maximum absolute atomic E-state index is 11.4. The summed E-state index contributed by atoms with van der Waals surface area (Å²) in [6, 6.07) is 4.85. The van der Waals surface area contributed by atoms with Gasteiger partial charge in [0, 0.05) is 23.1 Å². The van der Waals surface area contributed by atoms with Crippen LogP contribution in [0.15, 0.2) is 41.3 Å². The van der Waals surface area contributed by atoms with Crippen LogP contribution in [0, 0.1) is 0 Å². The molecule has 1 N–H and O–H groups in total. The highest BCUT2D eigenvalue weighted by Crippen LogP contribution is 2.19. The monoisotopic (exact) mass is 336 g/mol. The second kappa shape index (κ2) is 6.42. The van der Waals surface area contributed by atoms with Crippen LogP contribution in [-0.4, -0.2) is 31.1 Å². The maximum atomic E-state index is 11.4. The highest BCUT2D eigenvalue weighted by molar-refractivity contribution is 9.10. The molecule has 2 heterocycles. The third-order valence-electron chi connectivity index (χ3n) is 2.79. The molecule has 1 amide bonds. The number of carboxylic acid groups (broad SMARTS) is 1. The Labute approximate surface area is 124 Å². The molecule has 2 aromatic heterocycles. The summed E-state index contributed by atoms with van der Waals surface area (Å²) >= 11 is 3.29. The van der Waals surface area contributed by atoms with E-state index in [4.69, 9.17) is 0 Å². The molecule has 0 spiro atoms. The zero-order valence-electron chi connectivity index (χ0n) is 10.8. The third-order valence-corrected chi connectivity index (χ3v) is 3.26. The molecule has 7 heteroatoms. The topological polar surface area (TPSA) is 79.2 Å². The van der Waals surface area contributed by atoms with E-state index in [1.807, 2.05) is 6.07 Å². The second-order valence-corrected chi connectivity index (χ2v) is 5.08. The zero-order chi connectivity index (χ0) is 14.5. The predicted molar refractivity (Wildman–Crippen MR) is 76.0 cm³/mol. The molecule has 0 saturated carbocycles. The minimum atomic E-state index is -1.03. The van der Waals surface area contributed by atoms with Crippen LogP contribution in [0.25, 0.3) is 0 Å². The van der Waals surface area contributed by atoms with E-state index < -0.39 is 12.1 Å². The SMILES string of the molecule is C[C@H](c1ncccn1)N(Cc1ccc(Br)cn1)C(=O)O. The fourth-order valence-electron chi connectivity index (χ4n) is 1.71. The smallest absolute Gasteiger partial charge is 0.408 e. The molecule has 2 aromatic rings. The fourth-order valence-corrected chi connectivity index (χ4v) is 1.95. The van der Waals surface area contributed by atoms with Crippen LogP contribution in [0.2, 0.25) is 0 Å². The van der Waals surface area contributed by atoms with E-state index >= 15 is 0 Å². The first-order chi connectivity index (χ1) is 9.58. The third kappa shape index (κ3) is 3.51. The van der Waals surface area contributed by atoms with E-state index in [1.165, 1.54) is 4.90 Å². The number of carbonyl (C=O) groups is 1. The van der Waals surface area contributed by atoms with E-state index in [0.29, 0.717) is 11.5 Å². The van der Waals surface area contributed by atoms with Crippen molar-refractivity contribution < 1.29 is 9.90 Å². The Hall–Kier alpha value is -2.02. The van der Waals surface area contributed by atoms with E-state index in [1.54, 1.807) is 37.6 Å². The largest absolute Gasteiger partial charge is 0.465 e. The van der Waals surface area contributed by atoms with Gasteiger partial charge in [0.05, 0.1) is 18.3 Å². The summed E-state index contributed by atoms with van der Waals surface area (Å²) < 4.78 is 0.850. The van der Waals surface area contributed by atoms with Crippen molar-refractivity contribution in [3.8, 4) is 0 Å². The summed E-state index contributed by atoms with van der Waals surface area (Å²) in [5, 5.41) is 9.35. The van der Waals surface area contributed by atoms with Gasteiger partial charge in [0.25, 0.3) is 0 Å². The highest BCUT2D eigenvalue weighted by Gasteiger charge is 2.23. The number of amides is 1. The van der Waals surface area contributed by atoms with Crippen LogP contribution in [0.4, 0.5) is 4.79 Å². The summed E-state index contributed by atoms with van der Waals surface area (Å²) in [7, 11) is 0. The van der Waals surface area contributed by atoms with E-state index in [0.717, 1.165) is 4.47 Å². The summed E-state index contributed by atoms with van der Waals surface area (Å²) in [6.07, 6.45) is 3.79. The minimum Gasteiger partial charge on any atom is -0.465 e. The molecular formula is C13H13BrN4O2. The lowest BCUT2D eigenvalue weighted by Crippen LogP contribution is -2.33. The van der Waals surface area contributed by atoms with Crippen molar-refractivity contribution in [2.75, 3.05) is 0 Å². The minimum absolute atomic E-state index is 0.183. The van der Waals surface area contributed by atoms with E-state index in [2.05, 4.69) is 30.9 Å². The molecule has 6 nitrogen and oxygen atoms in total. The van der Waals surface area contributed by atoms with Gasteiger partial charge in [-0.1, -0.05) is 0 Å². The average Bonchev–Trinajstić information content (AvgIpc) is 2.46. The normalized spacial score (nSPS) is 11.9. The molecule has 0 fully saturated rings. The van der Waals surface area contributed by atoms with Crippen LogP contribution in [-0.2, 0) is 6.54 Å². The van der Waals surface area contributed by atoms with Gasteiger partial charge in [0.1, 0.15) is 0 Å². The first-order valence-electron chi connectivity index (χ1n) is 5.95. The Morgan fingerprint density at radius 2 is 2.05 bits per heavy atom. The quantitative estimate of drug-likeness (QED) is 0.928. The van der Waals surface area contributed by atoms with Gasteiger partial charge >= 0.3 is 6.09 Å². The van der Waals surface area contributed by atoms with Crippen molar-refractivity contribution in [3.63, 3.8) is 0 Å². The van der Waals surface area contributed by atoms with Gasteiger partial charge in [0.2, 0.25) is 0 Å². The van der Waals surface area contributed by atoms with Gasteiger partial charge < -0.3 is 5.11 Å². The van der Waals surface area contributed by atoms with Crippen molar-refractivity contribution in [2.24, 2.45) is 0 Å². The van der Waals surface area contributed by atoms with Crippen LogP contribution >= 0.6 is 15.9 Å². The first-order valence-corrected chi connectivity index (χ1v) is 6.74. The molecule has 0 aliphatic rings. The van der Waals surface area contributed by atoms with Crippen molar-refractivity contribution in [2.45, 2.75) is 19.5 Å². The first kappa shape index (κ1) is 14.4. The van der Waals surface area contributed by atoms with Gasteiger partial charge in [-0.25, -0.2) is 14.8 Å². The molecular weight excluding hydrogens is 324 g/mol. The number of hydrogen-bond donors (Lipinski definition) is 1. The summed E-state index contributed by atoms with van der Waals surface area (Å²) in [5.41, 5.74) is 0.665. The highest BCUT2D eigenvalue weighted by atomic mass is 79.9. The van der Waals surface area contributed by atoms with Crippen molar-refractivity contribution >= 4 is 22.0 Å². The van der Waals surface area contributed by atoms with Gasteiger partial charge in [0.15, 0.2) is 5.82 Å². The molecule has 0 unspecified atom stereocenters. The van der Waals surface area contributed by atoms with Gasteiger partial charge in [-0.2, -0.15) is 0 Å². The second-order valence-electron chi connectivity index (χ2n) is 4.16. The Bertz CT molecular complexity index is 577. The predicted octanol–water partition coefficient (Wildman–Crippen LogP) is 2.88.